The molecule has 0 aliphatic carbocycles. The lowest BCUT2D eigenvalue weighted by atomic mass is 10.1. The van der Waals surface area contributed by atoms with Crippen LogP contribution in [0.4, 0.5) is 10.5 Å². The van der Waals surface area contributed by atoms with Gasteiger partial charge in [0.1, 0.15) is 22.8 Å². The summed E-state index contributed by atoms with van der Waals surface area (Å²) in [5.74, 6) is -0.425. The van der Waals surface area contributed by atoms with Crippen LogP contribution in [-0.2, 0) is 4.74 Å². The van der Waals surface area contributed by atoms with Crippen molar-refractivity contribution in [1.82, 2.24) is 4.98 Å². The van der Waals surface area contributed by atoms with E-state index in [9.17, 15) is 19.5 Å². The number of nitrogens with one attached hydrogen (secondary N) is 1. The summed E-state index contributed by atoms with van der Waals surface area (Å²) in [4.78, 5) is 40.9. The number of nitrogens with zero attached hydrogens (tertiary/aromatic N) is 1. The lowest BCUT2D eigenvalue weighted by molar-refractivity contribution is 0.0734. The summed E-state index contributed by atoms with van der Waals surface area (Å²) in [6.45, 7) is 1.79. The van der Waals surface area contributed by atoms with Gasteiger partial charge in [0.05, 0.1) is 23.2 Å². The molecule has 2 N–H and O–H groups in total. The molecule has 166 valence electrons. The van der Waals surface area contributed by atoms with Crippen LogP contribution in [0.2, 0.25) is 0 Å². The fourth-order valence-corrected chi connectivity index (χ4v) is 3.11. The summed E-state index contributed by atoms with van der Waals surface area (Å²) in [7, 11) is 0. The number of aromatic hydroxyl groups is 1. The van der Waals surface area contributed by atoms with Gasteiger partial charge in [0.2, 0.25) is 0 Å². The molecule has 4 rings (SSSR count). The van der Waals surface area contributed by atoms with Crippen LogP contribution in [0.25, 0.3) is 22.3 Å². The smallest absolute Gasteiger partial charge is 0.411 e. The van der Waals surface area contributed by atoms with Gasteiger partial charge in [-0.3, -0.25) is 15.1 Å². The predicted molar refractivity (Wildman–Crippen MR) is 119 cm³/mol. The standard InChI is InChI=1S/C24H18N2O7/c1-2-31-24(30)26-19-11-16(32-23(29)14-4-3-9-25-13-14)6-8-17(19)22-12-20(28)18-7-5-15(27)10-21(18)33-22/h3-13,27H,2H2,1H3,(H,26,30). The van der Waals surface area contributed by atoms with Crippen molar-refractivity contribution in [2.75, 3.05) is 11.9 Å². The van der Waals surface area contributed by atoms with Gasteiger partial charge in [0, 0.05) is 36.2 Å². The molecule has 0 saturated heterocycles. The predicted octanol–water partition coefficient (Wildman–Crippen LogP) is 4.35. The molecule has 9 heteroatoms. The number of aromatic nitrogens is 1. The Hall–Kier alpha value is -4.66. The summed E-state index contributed by atoms with van der Waals surface area (Å²) in [5.41, 5.74) is 0.619. The van der Waals surface area contributed by atoms with E-state index < -0.39 is 12.1 Å². The van der Waals surface area contributed by atoms with Crippen LogP contribution < -0.4 is 15.5 Å². The van der Waals surface area contributed by atoms with Crippen LogP contribution >= 0.6 is 0 Å². The Morgan fingerprint density at radius 1 is 1.12 bits per heavy atom. The molecule has 2 heterocycles. The number of pyridine rings is 1. The van der Waals surface area contributed by atoms with Gasteiger partial charge < -0.3 is 19.0 Å². The zero-order chi connectivity index (χ0) is 23.4. The number of hydrogen-bond donors (Lipinski definition) is 2. The van der Waals surface area contributed by atoms with Gasteiger partial charge in [0.15, 0.2) is 5.43 Å². The van der Waals surface area contributed by atoms with E-state index in [0.29, 0.717) is 10.9 Å². The van der Waals surface area contributed by atoms with Crippen LogP contribution in [0.3, 0.4) is 0 Å². The third kappa shape index (κ3) is 4.82. The quantitative estimate of drug-likeness (QED) is 0.342. The van der Waals surface area contributed by atoms with Crippen molar-refractivity contribution < 1.29 is 28.6 Å². The zero-order valence-corrected chi connectivity index (χ0v) is 17.4. The molecule has 0 radical (unpaired) electrons. The maximum atomic E-state index is 12.6. The van der Waals surface area contributed by atoms with Crippen molar-refractivity contribution in [2.24, 2.45) is 0 Å². The molecular formula is C24H18N2O7. The topological polar surface area (TPSA) is 128 Å². The van der Waals surface area contributed by atoms with E-state index in [1.54, 1.807) is 19.1 Å². The molecular weight excluding hydrogens is 428 g/mol. The minimum atomic E-state index is -0.740. The van der Waals surface area contributed by atoms with Crippen molar-refractivity contribution in [3.8, 4) is 22.8 Å². The average molecular weight is 446 g/mol. The van der Waals surface area contributed by atoms with Crippen molar-refractivity contribution in [3.05, 3.63) is 82.8 Å². The number of phenols is 1. The molecule has 0 atom stereocenters. The minimum absolute atomic E-state index is 0.0645. The highest BCUT2D eigenvalue weighted by Gasteiger charge is 2.17. The Morgan fingerprint density at radius 3 is 2.73 bits per heavy atom. The van der Waals surface area contributed by atoms with Crippen LogP contribution in [-0.4, -0.2) is 28.8 Å². The van der Waals surface area contributed by atoms with E-state index in [4.69, 9.17) is 13.9 Å². The summed E-state index contributed by atoms with van der Waals surface area (Å²) >= 11 is 0. The monoisotopic (exact) mass is 446 g/mol. The number of rotatable bonds is 5. The molecule has 2 aromatic heterocycles. The second-order valence-corrected chi connectivity index (χ2v) is 6.84. The molecule has 0 bridgehead atoms. The summed E-state index contributed by atoms with van der Waals surface area (Å²) in [6, 6.07) is 13.0. The molecule has 0 unspecified atom stereocenters. The molecule has 0 saturated carbocycles. The fourth-order valence-electron chi connectivity index (χ4n) is 3.11. The molecule has 0 aliphatic heterocycles. The third-order valence-corrected chi connectivity index (χ3v) is 4.59. The van der Waals surface area contributed by atoms with Gasteiger partial charge in [-0.25, -0.2) is 9.59 Å². The van der Waals surface area contributed by atoms with Gasteiger partial charge in [0.25, 0.3) is 0 Å². The first-order valence-electron chi connectivity index (χ1n) is 9.92. The lowest BCUT2D eigenvalue weighted by Crippen LogP contribution is -2.15. The number of phenolic OH excluding ortho intramolecular Hbond substituents is 1. The van der Waals surface area contributed by atoms with Gasteiger partial charge >= 0.3 is 12.1 Å². The first-order chi connectivity index (χ1) is 15.9. The SMILES string of the molecule is CCOC(=O)Nc1cc(OC(=O)c2cccnc2)ccc1-c1cc(=O)c2ccc(O)cc2o1. The number of amides is 1. The molecule has 0 fully saturated rings. The molecule has 0 aliphatic rings. The van der Waals surface area contributed by atoms with Crippen LogP contribution in [0, 0.1) is 0 Å². The number of carbonyl (C=O) groups is 2. The summed E-state index contributed by atoms with van der Waals surface area (Å²) in [6.07, 6.45) is 2.16. The third-order valence-electron chi connectivity index (χ3n) is 4.59. The first kappa shape index (κ1) is 21.6. The molecule has 4 aromatic rings. The van der Waals surface area contributed by atoms with E-state index in [-0.39, 0.29) is 46.1 Å². The number of carbonyl (C=O) groups excluding carboxylic acids is 2. The highest BCUT2D eigenvalue weighted by atomic mass is 16.5. The van der Waals surface area contributed by atoms with E-state index >= 15 is 0 Å². The van der Waals surface area contributed by atoms with Gasteiger partial charge in [-0.2, -0.15) is 0 Å². The maximum absolute atomic E-state index is 12.6. The maximum Gasteiger partial charge on any atom is 0.411 e. The Bertz CT molecular complexity index is 1400. The van der Waals surface area contributed by atoms with Gasteiger partial charge in [-0.05, 0) is 43.3 Å². The van der Waals surface area contributed by atoms with Crippen molar-refractivity contribution in [1.29, 1.82) is 0 Å². The Kier molecular flexibility index (Phi) is 6.03. The van der Waals surface area contributed by atoms with Gasteiger partial charge in [-0.15, -0.1) is 0 Å². The largest absolute Gasteiger partial charge is 0.508 e. The lowest BCUT2D eigenvalue weighted by Gasteiger charge is -2.13. The highest BCUT2D eigenvalue weighted by Crippen LogP contribution is 2.33. The van der Waals surface area contributed by atoms with E-state index in [0.717, 1.165) is 0 Å². The Morgan fingerprint density at radius 2 is 1.97 bits per heavy atom. The normalized spacial score (nSPS) is 10.6. The van der Waals surface area contributed by atoms with E-state index in [2.05, 4.69) is 10.3 Å². The minimum Gasteiger partial charge on any atom is -0.508 e. The Labute approximate surface area is 187 Å². The van der Waals surface area contributed by atoms with Crippen molar-refractivity contribution in [2.45, 2.75) is 6.92 Å². The van der Waals surface area contributed by atoms with Crippen molar-refractivity contribution in [3.63, 3.8) is 0 Å². The number of fused-ring (bicyclic) bond motifs is 1. The number of anilines is 1. The van der Waals surface area contributed by atoms with E-state index in [1.807, 2.05) is 0 Å². The summed E-state index contributed by atoms with van der Waals surface area (Å²) in [5, 5.41) is 12.6. The zero-order valence-electron chi connectivity index (χ0n) is 17.4. The molecule has 1 amide bonds. The fraction of sp³-hybridized carbons (Fsp3) is 0.0833. The second kappa shape index (κ2) is 9.23. The molecule has 9 nitrogen and oxygen atoms in total. The van der Waals surface area contributed by atoms with Crippen LogP contribution in [0.15, 0.2) is 76.2 Å². The average Bonchev–Trinajstić information content (AvgIpc) is 2.79. The Balaban J connectivity index is 1.75. The molecule has 33 heavy (non-hydrogen) atoms. The highest BCUT2D eigenvalue weighted by molar-refractivity contribution is 5.93. The number of esters is 1. The van der Waals surface area contributed by atoms with Crippen LogP contribution in [0.5, 0.6) is 11.5 Å². The van der Waals surface area contributed by atoms with Crippen molar-refractivity contribution >= 4 is 28.7 Å². The number of benzene rings is 2. The van der Waals surface area contributed by atoms with Crippen LogP contribution in [0.1, 0.15) is 17.3 Å². The number of ether oxygens (including phenoxy) is 2. The first-order valence-corrected chi connectivity index (χ1v) is 9.92. The molecule has 2 aromatic carbocycles. The second-order valence-electron chi connectivity index (χ2n) is 6.84. The van der Waals surface area contributed by atoms with Gasteiger partial charge in [-0.1, -0.05) is 0 Å². The summed E-state index contributed by atoms with van der Waals surface area (Å²) < 4.78 is 16.1. The van der Waals surface area contributed by atoms with E-state index in [1.165, 1.54) is 54.9 Å². The molecule has 0 spiro atoms. The number of hydrogen-bond acceptors (Lipinski definition) is 8.